The van der Waals surface area contributed by atoms with Gasteiger partial charge in [-0.2, -0.15) is 10.5 Å². The van der Waals surface area contributed by atoms with Crippen LogP contribution in [0.15, 0.2) is 145 Å². The fraction of sp³-hybridized carbons (Fsp3) is 0.0455. The number of hydrogen-bond donors (Lipinski definition) is 0. The van der Waals surface area contributed by atoms with E-state index in [-0.39, 0.29) is 6.04 Å². The van der Waals surface area contributed by atoms with Gasteiger partial charge in [0.1, 0.15) is 0 Å². The molecular weight excluding hydrogens is 617 g/mol. The molecule has 4 nitrogen and oxygen atoms in total. The molecule has 1 atom stereocenters. The average molecular weight is 643 g/mol. The van der Waals surface area contributed by atoms with Gasteiger partial charge in [-0.15, -0.1) is 11.3 Å². The van der Waals surface area contributed by atoms with E-state index >= 15 is 0 Å². The van der Waals surface area contributed by atoms with Crippen molar-refractivity contribution < 1.29 is 0 Å². The summed E-state index contributed by atoms with van der Waals surface area (Å²) in [5, 5.41) is 28.0. The van der Waals surface area contributed by atoms with Gasteiger partial charge in [-0.1, -0.05) is 84.9 Å². The van der Waals surface area contributed by atoms with Crippen molar-refractivity contribution >= 4 is 80.7 Å². The standard InChI is InChI=1S/C44H26N4S/c45-25-27-19-29(23-31(21-27)47-38-13-5-1-9-33(38)34-10-2-6-14-39(34)47)30-20-28(26-46)22-32(24-30)48-40-15-7-3-11-35(40)36-17-18-42-43(44(36)48)37-12-4-8-16-41(37)49-42/h1-21,23-24,32H,22H2. The molecule has 0 spiro atoms. The third-order valence-corrected chi connectivity index (χ3v) is 11.2. The maximum Gasteiger partial charge on any atom is 0.0992 e. The summed E-state index contributed by atoms with van der Waals surface area (Å²) in [5.41, 5.74) is 8.61. The Balaban J connectivity index is 1.23. The molecule has 1 aliphatic carbocycles. The minimum Gasteiger partial charge on any atom is -0.332 e. The molecule has 0 saturated carbocycles. The van der Waals surface area contributed by atoms with Crippen molar-refractivity contribution in [2.45, 2.75) is 12.5 Å². The number of nitrogens with zero attached hydrogens (tertiary/aromatic N) is 4. The van der Waals surface area contributed by atoms with E-state index in [0.717, 1.165) is 38.9 Å². The molecule has 1 aliphatic rings. The molecular formula is C44H26N4S. The predicted molar refractivity (Wildman–Crippen MR) is 203 cm³/mol. The molecule has 0 N–H and O–H groups in total. The summed E-state index contributed by atoms with van der Waals surface area (Å²) in [6.45, 7) is 0. The van der Waals surface area contributed by atoms with Crippen LogP contribution in [0.25, 0.3) is 75.0 Å². The molecule has 0 bridgehead atoms. The summed E-state index contributed by atoms with van der Waals surface area (Å²) in [5.74, 6) is 0. The van der Waals surface area contributed by atoms with E-state index in [1.165, 1.54) is 47.2 Å². The predicted octanol–water partition coefficient (Wildman–Crippen LogP) is 11.6. The van der Waals surface area contributed by atoms with Gasteiger partial charge < -0.3 is 9.13 Å². The van der Waals surface area contributed by atoms with Gasteiger partial charge in [0.05, 0.1) is 40.3 Å². The highest BCUT2D eigenvalue weighted by Crippen LogP contribution is 2.45. The number of thiophene rings is 1. The van der Waals surface area contributed by atoms with Gasteiger partial charge in [-0.25, -0.2) is 0 Å². The molecule has 0 radical (unpaired) electrons. The first-order valence-electron chi connectivity index (χ1n) is 16.4. The zero-order valence-electron chi connectivity index (χ0n) is 26.3. The Morgan fingerprint density at radius 3 is 1.98 bits per heavy atom. The van der Waals surface area contributed by atoms with Crippen molar-refractivity contribution in [3.05, 3.63) is 156 Å². The topological polar surface area (TPSA) is 57.4 Å². The Labute approximate surface area is 285 Å². The molecule has 49 heavy (non-hydrogen) atoms. The first-order chi connectivity index (χ1) is 24.2. The highest BCUT2D eigenvalue weighted by molar-refractivity contribution is 7.26. The lowest BCUT2D eigenvalue weighted by Crippen LogP contribution is -2.11. The second kappa shape index (κ2) is 10.6. The SMILES string of the molecule is N#CC1=CC(c2cc(C#N)cc(-n3c4ccccc4c4ccccc43)c2)=CC(n2c3ccccc3c3ccc4sc5ccccc5c4c32)C1. The van der Waals surface area contributed by atoms with Crippen molar-refractivity contribution in [2.75, 3.05) is 0 Å². The van der Waals surface area contributed by atoms with Crippen LogP contribution in [0.3, 0.4) is 0 Å². The summed E-state index contributed by atoms with van der Waals surface area (Å²) >= 11 is 1.82. The largest absolute Gasteiger partial charge is 0.332 e. The molecule has 1 unspecified atom stereocenters. The molecule has 3 heterocycles. The van der Waals surface area contributed by atoms with Crippen molar-refractivity contribution in [2.24, 2.45) is 0 Å². The van der Waals surface area contributed by atoms with Crippen LogP contribution in [-0.4, -0.2) is 9.13 Å². The van der Waals surface area contributed by atoms with Gasteiger partial charge >= 0.3 is 0 Å². The van der Waals surface area contributed by atoms with Crippen LogP contribution in [0.2, 0.25) is 0 Å². The highest BCUT2D eigenvalue weighted by Gasteiger charge is 2.25. The maximum absolute atomic E-state index is 10.4. The Hall–Kier alpha value is -6.40. The van der Waals surface area contributed by atoms with Crippen LogP contribution < -0.4 is 0 Å². The van der Waals surface area contributed by atoms with E-state index in [2.05, 4.69) is 143 Å². The zero-order valence-corrected chi connectivity index (χ0v) is 27.1. The van der Waals surface area contributed by atoms with E-state index in [1.54, 1.807) is 0 Å². The van der Waals surface area contributed by atoms with Gasteiger partial charge in [0.25, 0.3) is 0 Å². The lowest BCUT2D eigenvalue weighted by atomic mass is 9.90. The van der Waals surface area contributed by atoms with Crippen LogP contribution >= 0.6 is 11.3 Å². The summed E-state index contributed by atoms with van der Waals surface area (Å²) in [6.07, 6.45) is 4.89. The second-order valence-corrected chi connectivity index (χ2v) is 13.8. The molecule has 0 fully saturated rings. The van der Waals surface area contributed by atoms with Crippen molar-refractivity contribution in [3.8, 4) is 17.8 Å². The van der Waals surface area contributed by atoms with Crippen molar-refractivity contribution in [1.82, 2.24) is 9.13 Å². The third kappa shape index (κ3) is 4.07. The minimum atomic E-state index is -0.108. The fourth-order valence-corrected chi connectivity index (χ4v) is 9.13. The van der Waals surface area contributed by atoms with E-state index in [4.69, 9.17) is 0 Å². The van der Waals surface area contributed by atoms with Gasteiger partial charge in [-0.05, 0) is 65.7 Å². The first-order valence-corrected chi connectivity index (χ1v) is 17.2. The number of nitriles is 2. The van der Waals surface area contributed by atoms with Gasteiger partial charge in [0, 0.05) is 64.9 Å². The van der Waals surface area contributed by atoms with Gasteiger partial charge in [0.2, 0.25) is 0 Å². The minimum absolute atomic E-state index is 0.108. The number of hydrogen-bond acceptors (Lipinski definition) is 3. The Bertz CT molecular complexity index is 2950. The molecule has 6 aromatic carbocycles. The molecule has 0 saturated heterocycles. The fourth-order valence-electron chi connectivity index (χ4n) is 8.02. The number of rotatable bonds is 3. The lowest BCUT2D eigenvalue weighted by molar-refractivity contribution is 0.640. The molecule has 228 valence electrons. The normalized spacial score (nSPS) is 14.9. The van der Waals surface area contributed by atoms with Crippen LogP contribution in [0, 0.1) is 22.7 Å². The molecule has 9 aromatic rings. The molecule has 5 heteroatoms. The quantitative estimate of drug-likeness (QED) is 0.193. The van der Waals surface area contributed by atoms with Crippen LogP contribution in [0.5, 0.6) is 0 Å². The first kappa shape index (κ1) is 27.7. The van der Waals surface area contributed by atoms with Crippen LogP contribution in [0.4, 0.5) is 0 Å². The van der Waals surface area contributed by atoms with Crippen LogP contribution in [0.1, 0.15) is 23.6 Å². The van der Waals surface area contributed by atoms with Gasteiger partial charge in [0.15, 0.2) is 0 Å². The van der Waals surface area contributed by atoms with E-state index in [9.17, 15) is 10.5 Å². The molecule has 10 rings (SSSR count). The number of aromatic nitrogens is 2. The highest BCUT2D eigenvalue weighted by atomic mass is 32.1. The number of allylic oxidation sites excluding steroid dienone is 4. The Kier molecular flexibility index (Phi) is 5.96. The average Bonchev–Trinajstić information content (AvgIpc) is 3.82. The summed E-state index contributed by atoms with van der Waals surface area (Å²) in [7, 11) is 0. The Morgan fingerprint density at radius 1 is 0.612 bits per heavy atom. The Morgan fingerprint density at radius 2 is 1.27 bits per heavy atom. The number of para-hydroxylation sites is 3. The number of benzene rings is 6. The second-order valence-electron chi connectivity index (χ2n) is 12.7. The maximum atomic E-state index is 10.4. The molecule has 0 aliphatic heterocycles. The lowest BCUT2D eigenvalue weighted by Gasteiger charge is -2.24. The van der Waals surface area contributed by atoms with Crippen molar-refractivity contribution in [3.63, 3.8) is 0 Å². The van der Waals surface area contributed by atoms with E-state index < -0.39 is 0 Å². The zero-order chi connectivity index (χ0) is 32.6. The monoisotopic (exact) mass is 642 g/mol. The summed E-state index contributed by atoms with van der Waals surface area (Å²) < 4.78 is 7.23. The summed E-state index contributed by atoms with van der Waals surface area (Å²) in [4.78, 5) is 0. The summed E-state index contributed by atoms with van der Waals surface area (Å²) in [6, 6.07) is 49.5. The molecule has 0 amide bonds. The van der Waals surface area contributed by atoms with E-state index in [0.29, 0.717) is 12.0 Å². The third-order valence-electron chi connectivity index (χ3n) is 10.0. The number of fused-ring (bicyclic) bond motifs is 10. The van der Waals surface area contributed by atoms with E-state index in [1.807, 2.05) is 29.5 Å². The smallest absolute Gasteiger partial charge is 0.0992 e. The molecule has 3 aromatic heterocycles. The van der Waals surface area contributed by atoms with Crippen LogP contribution in [-0.2, 0) is 0 Å². The van der Waals surface area contributed by atoms with Gasteiger partial charge in [-0.3, -0.25) is 0 Å². The van der Waals surface area contributed by atoms with Crippen molar-refractivity contribution in [1.29, 1.82) is 10.5 Å².